The molecule has 0 aliphatic carbocycles. The van der Waals surface area contributed by atoms with E-state index in [1.807, 2.05) is 63.4 Å². The summed E-state index contributed by atoms with van der Waals surface area (Å²) in [5.41, 5.74) is 3.02. The van der Waals surface area contributed by atoms with Gasteiger partial charge in [-0.3, -0.25) is 19.2 Å². The van der Waals surface area contributed by atoms with Crippen molar-refractivity contribution in [1.29, 1.82) is 0 Å². The molecule has 1 aliphatic heterocycles. The summed E-state index contributed by atoms with van der Waals surface area (Å²) in [6, 6.07) is 16.4. The van der Waals surface area contributed by atoms with Gasteiger partial charge in [-0.05, 0) is 57.2 Å². The van der Waals surface area contributed by atoms with Gasteiger partial charge in [0, 0.05) is 38.4 Å². The van der Waals surface area contributed by atoms with Crippen molar-refractivity contribution in [3.63, 3.8) is 0 Å². The molecule has 2 unspecified atom stereocenters. The molecule has 9 nitrogen and oxygen atoms in total. The van der Waals surface area contributed by atoms with Gasteiger partial charge in [0.15, 0.2) is 0 Å². The number of nitrogens with one attached hydrogen (secondary N) is 1. The SMILES string of the molecule is COC(=O)c1ccc(N2CCN(C(C)C(=O)Nc3c(C)n(C)n(-c4ccccc4)c3=O)C(C)C2)cc1. The van der Waals surface area contributed by atoms with Crippen LogP contribution in [0.3, 0.4) is 0 Å². The second-order valence-corrected chi connectivity index (χ2v) is 9.17. The molecule has 1 amide bonds. The van der Waals surface area contributed by atoms with Gasteiger partial charge in [-0.15, -0.1) is 0 Å². The Morgan fingerprint density at radius 3 is 2.31 bits per heavy atom. The second kappa shape index (κ2) is 10.4. The largest absolute Gasteiger partial charge is 0.465 e. The highest BCUT2D eigenvalue weighted by molar-refractivity contribution is 5.95. The predicted octanol–water partition coefficient (Wildman–Crippen LogP) is 2.81. The van der Waals surface area contributed by atoms with Crippen molar-refractivity contribution in [1.82, 2.24) is 14.3 Å². The van der Waals surface area contributed by atoms with E-state index in [4.69, 9.17) is 4.74 Å². The lowest BCUT2D eigenvalue weighted by atomic mass is 10.1. The van der Waals surface area contributed by atoms with Gasteiger partial charge >= 0.3 is 5.97 Å². The highest BCUT2D eigenvalue weighted by Gasteiger charge is 2.32. The van der Waals surface area contributed by atoms with Gasteiger partial charge in [-0.1, -0.05) is 18.2 Å². The van der Waals surface area contributed by atoms with E-state index in [1.54, 1.807) is 21.5 Å². The number of carbonyl (C=O) groups excluding carboxylic acids is 2. The Balaban J connectivity index is 1.44. The van der Waals surface area contributed by atoms with Gasteiger partial charge in [-0.25, -0.2) is 9.48 Å². The van der Waals surface area contributed by atoms with Crippen LogP contribution in [0.5, 0.6) is 0 Å². The van der Waals surface area contributed by atoms with Gasteiger partial charge in [0.05, 0.1) is 30.1 Å². The fraction of sp³-hybridized carbons (Fsp3) is 0.370. The van der Waals surface area contributed by atoms with Crippen molar-refractivity contribution in [2.75, 3.05) is 37.0 Å². The standard InChI is InChI=1S/C27H33N5O4/c1-18-17-30(22-13-11-21(12-14-22)27(35)36-5)15-16-31(18)20(3)25(33)28-24-19(2)29(4)32(26(24)34)23-9-7-6-8-10-23/h6-14,18,20H,15-17H2,1-5H3,(H,28,33). The minimum absolute atomic E-state index is 0.109. The van der Waals surface area contributed by atoms with Crippen molar-refractivity contribution in [2.24, 2.45) is 7.05 Å². The third-order valence-corrected chi connectivity index (χ3v) is 7.01. The molecule has 0 bridgehead atoms. The number of benzene rings is 2. The zero-order chi connectivity index (χ0) is 26.0. The number of anilines is 2. The van der Waals surface area contributed by atoms with Gasteiger partial charge in [0.1, 0.15) is 5.69 Å². The van der Waals surface area contributed by atoms with Crippen LogP contribution in [0.4, 0.5) is 11.4 Å². The molecule has 1 saturated heterocycles. The molecular weight excluding hydrogens is 458 g/mol. The summed E-state index contributed by atoms with van der Waals surface area (Å²) >= 11 is 0. The van der Waals surface area contributed by atoms with E-state index in [2.05, 4.69) is 22.0 Å². The van der Waals surface area contributed by atoms with Gasteiger partial charge in [0.25, 0.3) is 5.56 Å². The molecule has 36 heavy (non-hydrogen) atoms. The lowest BCUT2D eigenvalue weighted by Crippen LogP contribution is -2.57. The molecule has 0 radical (unpaired) electrons. The Kier molecular flexibility index (Phi) is 7.30. The first kappa shape index (κ1) is 25.2. The fourth-order valence-electron chi connectivity index (χ4n) is 4.80. The van der Waals surface area contributed by atoms with Crippen LogP contribution in [0.1, 0.15) is 29.9 Å². The molecule has 0 spiro atoms. The Morgan fingerprint density at radius 2 is 1.69 bits per heavy atom. The van der Waals surface area contributed by atoms with Crippen molar-refractivity contribution in [3.05, 3.63) is 76.2 Å². The van der Waals surface area contributed by atoms with Crippen LogP contribution in [0.15, 0.2) is 59.4 Å². The Hall–Kier alpha value is -3.85. The Morgan fingerprint density at radius 1 is 1.03 bits per heavy atom. The number of esters is 1. The monoisotopic (exact) mass is 491 g/mol. The second-order valence-electron chi connectivity index (χ2n) is 9.17. The lowest BCUT2D eigenvalue weighted by Gasteiger charge is -2.43. The first-order valence-corrected chi connectivity index (χ1v) is 12.1. The Labute approximate surface area is 210 Å². The number of hydrogen-bond donors (Lipinski definition) is 1. The normalized spacial score (nSPS) is 17.0. The average Bonchev–Trinajstić information content (AvgIpc) is 3.11. The van der Waals surface area contributed by atoms with Crippen LogP contribution in [0, 0.1) is 6.92 Å². The minimum Gasteiger partial charge on any atom is -0.465 e. The molecule has 4 rings (SSSR count). The molecule has 3 aromatic rings. The third kappa shape index (κ3) is 4.79. The van der Waals surface area contributed by atoms with Crippen molar-refractivity contribution >= 4 is 23.3 Å². The molecule has 2 aromatic carbocycles. The van der Waals surface area contributed by atoms with E-state index in [0.717, 1.165) is 24.5 Å². The summed E-state index contributed by atoms with van der Waals surface area (Å²) in [5.74, 6) is -0.563. The molecule has 1 fully saturated rings. The van der Waals surface area contributed by atoms with Crippen molar-refractivity contribution in [2.45, 2.75) is 32.9 Å². The molecule has 9 heteroatoms. The maximum absolute atomic E-state index is 13.2. The summed E-state index contributed by atoms with van der Waals surface area (Å²) in [6.45, 7) is 7.96. The molecule has 0 saturated carbocycles. The number of piperazine rings is 1. The quantitative estimate of drug-likeness (QED) is 0.534. The maximum atomic E-state index is 13.2. The molecule has 2 atom stereocenters. The molecule has 1 aromatic heterocycles. The van der Waals surface area contributed by atoms with E-state index >= 15 is 0 Å². The number of rotatable bonds is 6. The zero-order valence-electron chi connectivity index (χ0n) is 21.4. The molecule has 190 valence electrons. The smallest absolute Gasteiger partial charge is 0.337 e. The Bertz CT molecular complexity index is 1300. The summed E-state index contributed by atoms with van der Waals surface area (Å²) in [5, 5.41) is 2.90. The van der Waals surface area contributed by atoms with Crippen LogP contribution in [0.25, 0.3) is 5.69 Å². The number of para-hydroxylation sites is 1. The van der Waals surface area contributed by atoms with Crippen molar-refractivity contribution < 1.29 is 14.3 Å². The van der Waals surface area contributed by atoms with Gasteiger partial charge < -0.3 is 15.0 Å². The number of carbonyl (C=O) groups is 2. The number of nitrogens with zero attached hydrogens (tertiary/aromatic N) is 4. The highest BCUT2D eigenvalue weighted by atomic mass is 16.5. The number of methoxy groups -OCH3 is 1. The van der Waals surface area contributed by atoms with E-state index in [-0.39, 0.29) is 23.5 Å². The number of aromatic nitrogens is 2. The van der Waals surface area contributed by atoms with Crippen LogP contribution in [0.2, 0.25) is 0 Å². The lowest BCUT2D eigenvalue weighted by molar-refractivity contribution is -0.121. The number of hydrogen-bond acceptors (Lipinski definition) is 6. The third-order valence-electron chi connectivity index (χ3n) is 7.01. The minimum atomic E-state index is -0.409. The van der Waals surface area contributed by atoms with Crippen molar-refractivity contribution in [3.8, 4) is 5.69 Å². The van der Waals surface area contributed by atoms with E-state index in [0.29, 0.717) is 23.5 Å². The first-order valence-electron chi connectivity index (χ1n) is 12.1. The highest BCUT2D eigenvalue weighted by Crippen LogP contribution is 2.22. The number of ether oxygens (including phenoxy) is 1. The first-order chi connectivity index (χ1) is 17.2. The maximum Gasteiger partial charge on any atom is 0.337 e. The molecule has 1 N–H and O–H groups in total. The molecular formula is C27H33N5O4. The topological polar surface area (TPSA) is 88.8 Å². The van der Waals surface area contributed by atoms with Gasteiger partial charge in [-0.2, -0.15) is 0 Å². The van der Waals surface area contributed by atoms with E-state index in [1.165, 1.54) is 7.11 Å². The van der Waals surface area contributed by atoms with Crippen LogP contribution >= 0.6 is 0 Å². The van der Waals surface area contributed by atoms with Crippen LogP contribution in [-0.2, 0) is 16.6 Å². The van der Waals surface area contributed by atoms with Gasteiger partial charge in [0.2, 0.25) is 5.91 Å². The molecule has 1 aliphatic rings. The van der Waals surface area contributed by atoms with Crippen LogP contribution < -0.4 is 15.8 Å². The summed E-state index contributed by atoms with van der Waals surface area (Å²) in [4.78, 5) is 42.5. The predicted molar refractivity (Wildman–Crippen MR) is 140 cm³/mol. The number of amides is 1. The van der Waals surface area contributed by atoms with E-state index < -0.39 is 6.04 Å². The van der Waals surface area contributed by atoms with Crippen LogP contribution in [-0.4, -0.2) is 65.0 Å². The summed E-state index contributed by atoms with van der Waals surface area (Å²) in [7, 11) is 3.17. The fourth-order valence-corrected chi connectivity index (χ4v) is 4.80. The average molecular weight is 492 g/mol. The molecule has 2 heterocycles. The summed E-state index contributed by atoms with van der Waals surface area (Å²) < 4.78 is 8.08. The van der Waals surface area contributed by atoms with E-state index in [9.17, 15) is 14.4 Å². The zero-order valence-corrected chi connectivity index (χ0v) is 21.4. The summed E-state index contributed by atoms with van der Waals surface area (Å²) in [6.07, 6.45) is 0.